The Morgan fingerprint density at radius 3 is 2.58 bits per heavy atom. The van der Waals surface area contributed by atoms with Crippen molar-refractivity contribution in [3.8, 4) is 0 Å². The van der Waals surface area contributed by atoms with Crippen molar-refractivity contribution in [2.24, 2.45) is 0 Å². The molecule has 4 rings (SSSR count). The summed E-state index contributed by atoms with van der Waals surface area (Å²) in [5.74, 6) is 0. The molecule has 0 bridgehead atoms. The van der Waals surface area contributed by atoms with Crippen LogP contribution in [0.2, 0.25) is 5.02 Å². The van der Waals surface area contributed by atoms with Gasteiger partial charge in [0.1, 0.15) is 0 Å². The Morgan fingerprint density at radius 2 is 1.79 bits per heavy atom. The van der Waals surface area contributed by atoms with E-state index < -0.39 is 5.66 Å². The van der Waals surface area contributed by atoms with Gasteiger partial charge in [-0.1, -0.05) is 29.8 Å². The minimum absolute atomic E-state index is 0.593. The van der Waals surface area contributed by atoms with Crippen molar-refractivity contribution in [2.75, 3.05) is 22.9 Å². The molecule has 0 amide bonds. The highest BCUT2D eigenvalue weighted by Crippen LogP contribution is 2.41. The molecule has 0 radical (unpaired) electrons. The molecule has 2 aromatic carbocycles. The first-order chi connectivity index (χ1) is 11.7. The number of benzene rings is 2. The number of anilines is 2. The third-order valence-corrected chi connectivity index (χ3v) is 5.51. The summed E-state index contributed by atoms with van der Waals surface area (Å²) < 4.78 is 0. The van der Waals surface area contributed by atoms with Crippen molar-refractivity contribution in [1.82, 2.24) is 0 Å². The van der Waals surface area contributed by atoms with E-state index in [-0.39, 0.29) is 0 Å². The molecule has 1 unspecified atom stereocenters. The lowest BCUT2D eigenvalue weighted by molar-refractivity contribution is -0.112. The fourth-order valence-electron chi connectivity index (χ4n) is 4.22. The minimum atomic E-state index is -0.593. The number of hydrogen-bond acceptors (Lipinski definition) is 3. The molecule has 1 saturated heterocycles. The smallest absolute Gasteiger partial charge is 0.170 e. The van der Waals surface area contributed by atoms with Gasteiger partial charge in [-0.2, -0.15) is 0 Å². The Morgan fingerprint density at radius 1 is 1.00 bits per heavy atom. The van der Waals surface area contributed by atoms with Crippen LogP contribution in [0.3, 0.4) is 0 Å². The van der Waals surface area contributed by atoms with Crippen molar-refractivity contribution in [1.29, 1.82) is 0 Å². The van der Waals surface area contributed by atoms with E-state index in [1.165, 1.54) is 5.56 Å². The number of halogens is 1. The highest BCUT2D eigenvalue weighted by atomic mass is 35.5. The SMILES string of the molecule is O=CC1(N2CCCc3cc(Cl)ccc32)CCCN1c1ccccc1. The number of fused-ring (bicyclic) bond motifs is 1. The van der Waals surface area contributed by atoms with Crippen molar-refractivity contribution in [3.05, 3.63) is 59.1 Å². The number of rotatable bonds is 3. The molecule has 2 heterocycles. The zero-order valence-corrected chi connectivity index (χ0v) is 14.4. The molecule has 1 atom stereocenters. The summed E-state index contributed by atoms with van der Waals surface area (Å²) in [5, 5.41) is 0.766. The first-order valence-corrected chi connectivity index (χ1v) is 8.97. The maximum absolute atomic E-state index is 12.4. The predicted molar refractivity (Wildman–Crippen MR) is 98.9 cm³/mol. The van der Waals surface area contributed by atoms with Crippen LogP contribution in [0, 0.1) is 0 Å². The van der Waals surface area contributed by atoms with Crippen LogP contribution in [-0.2, 0) is 11.2 Å². The highest BCUT2D eigenvalue weighted by molar-refractivity contribution is 6.30. The first-order valence-electron chi connectivity index (χ1n) is 8.60. The van der Waals surface area contributed by atoms with Gasteiger partial charge in [0.15, 0.2) is 11.9 Å². The number of aryl methyl sites for hydroxylation is 1. The normalized spacial score (nSPS) is 23.2. The standard InChI is InChI=1S/C20H21ClN2O/c21-17-9-10-19-16(14-17)6-4-12-23(19)20(15-24)11-5-13-22(20)18-7-2-1-3-8-18/h1-3,7-10,14-15H,4-6,11-13H2. The van der Waals surface area contributed by atoms with Gasteiger partial charge >= 0.3 is 0 Å². The second-order valence-corrected chi connectivity index (χ2v) is 7.05. The average Bonchev–Trinajstić information content (AvgIpc) is 3.06. The number of aldehydes is 1. The van der Waals surface area contributed by atoms with E-state index in [1.54, 1.807) is 0 Å². The lowest BCUT2D eigenvalue weighted by Gasteiger charge is -2.48. The van der Waals surface area contributed by atoms with Crippen molar-refractivity contribution >= 4 is 29.3 Å². The second kappa shape index (κ2) is 6.14. The van der Waals surface area contributed by atoms with E-state index in [0.29, 0.717) is 0 Å². The number of carbonyl (C=O) groups excluding carboxylic acids is 1. The van der Waals surface area contributed by atoms with Gasteiger partial charge in [0, 0.05) is 29.5 Å². The Kier molecular flexibility index (Phi) is 3.97. The van der Waals surface area contributed by atoms with E-state index in [2.05, 4.69) is 28.0 Å². The fourth-order valence-corrected chi connectivity index (χ4v) is 4.42. The Balaban J connectivity index is 1.80. The molecule has 0 saturated carbocycles. The van der Waals surface area contributed by atoms with Crippen LogP contribution < -0.4 is 9.80 Å². The van der Waals surface area contributed by atoms with Crippen molar-refractivity contribution < 1.29 is 4.79 Å². The largest absolute Gasteiger partial charge is 0.343 e. The Labute approximate surface area is 147 Å². The molecule has 24 heavy (non-hydrogen) atoms. The fraction of sp³-hybridized carbons (Fsp3) is 0.350. The minimum Gasteiger partial charge on any atom is -0.343 e. The molecule has 0 aromatic heterocycles. The van der Waals surface area contributed by atoms with Gasteiger partial charge in [0.05, 0.1) is 0 Å². The van der Waals surface area contributed by atoms with Gasteiger partial charge < -0.3 is 9.80 Å². The summed E-state index contributed by atoms with van der Waals surface area (Å²) in [4.78, 5) is 16.9. The summed E-state index contributed by atoms with van der Waals surface area (Å²) in [6.07, 6.45) is 5.09. The summed E-state index contributed by atoms with van der Waals surface area (Å²) >= 11 is 6.18. The summed E-state index contributed by atoms with van der Waals surface area (Å²) in [6, 6.07) is 16.3. The van der Waals surface area contributed by atoms with E-state index in [0.717, 1.165) is 61.5 Å². The summed E-state index contributed by atoms with van der Waals surface area (Å²) in [5.41, 5.74) is 2.92. The predicted octanol–water partition coefficient (Wildman–Crippen LogP) is 4.29. The molecule has 1 fully saturated rings. The Hall–Kier alpha value is -2.00. The van der Waals surface area contributed by atoms with Gasteiger partial charge in [-0.3, -0.25) is 4.79 Å². The van der Waals surface area contributed by atoms with Crippen molar-refractivity contribution in [3.63, 3.8) is 0 Å². The molecule has 0 N–H and O–H groups in total. The third-order valence-electron chi connectivity index (χ3n) is 5.28. The molecule has 2 aromatic rings. The van der Waals surface area contributed by atoms with Crippen LogP contribution in [0.5, 0.6) is 0 Å². The zero-order chi connectivity index (χ0) is 16.6. The van der Waals surface area contributed by atoms with Gasteiger partial charge in [-0.15, -0.1) is 0 Å². The Bertz CT molecular complexity index is 749. The quantitative estimate of drug-likeness (QED) is 0.779. The summed E-state index contributed by atoms with van der Waals surface area (Å²) in [7, 11) is 0. The van der Waals surface area contributed by atoms with Gasteiger partial charge in [-0.25, -0.2) is 0 Å². The van der Waals surface area contributed by atoms with Crippen LogP contribution in [0.1, 0.15) is 24.8 Å². The molecule has 2 aliphatic rings. The zero-order valence-electron chi connectivity index (χ0n) is 13.6. The van der Waals surface area contributed by atoms with Crippen LogP contribution in [0.15, 0.2) is 48.5 Å². The molecule has 4 heteroatoms. The van der Waals surface area contributed by atoms with Crippen LogP contribution >= 0.6 is 11.6 Å². The first kappa shape index (κ1) is 15.5. The summed E-state index contributed by atoms with van der Waals surface area (Å²) in [6.45, 7) is 1.80. The average molecular weight is 341 g/mol. The molecule has 2 aliphatic heterocycles. The van der Waals surface area contributed by atoms with Gasteiger partial charge in [-0.05, 0) is 61.6 Å². The molecule has 0 spiro atoms. The van der Waals surface area contributed by atoms with E-state index in [9.17, 15) is 4.79 Å². The van der Waals surface area contributed by atoms with Crippen molar-refractivity contribution in [2.45, 2.75) is 31.3 Å². The topological polar surface area (TPSA) is 23.6 Å². The van der Waals surface area contributed by atoms with Gasteiger partial charge in [0.2, 0.25) is 0 Å². The molecule has 0 aliphatic carbocycles. The number of hydrogen-bond donors (Lipinski definition) is 0. The maximum Gasteiger partial charge on any atom is 0.170 e. The molecule has 124 valence electrons. The number of para-hydroxylation sites is 1. The van der Waals surface area contributed by atoms with Crippen LogP contribution in [0.25, 0.3) is 0 Å². The van der Waals surface area contributed by atoms with Crippen LogP contribution in [-0.4, -0.2) is 25.0 Å². The maximum atomic E-state index is 12.4. The highest BCUT2D eigenvalue weighted by Gasteiger charge is 2.47. The van der Waals surface area contributed by atoms with Gasteiger partial charge in [0.25, 0.3) is 0 Å². The van der Waals surface area contributed by atoms with E-state index >= 15 is 0 Å². The second-order valence-electron chi connectivity index (χ2n) is 6.62. The monoisotopic (exact) mass is 340 g/mol. The van der Waals surface area contributed by atoms with Crippen LogP contribution in [0.4, 0.5) is 11.4 Å². The molecular weight excluding hydrogens is 320 g/mol. The lowest BCUT2D eigenvalue weighted by Crippen LogP contribution is -2.60. The third kappa shape index (κ3) is 2.39. The van der Waals surface area contributed by atoms with E-state index in [1.807, 2.05) is 30.3 Å². The number of nitrogens with zero attached hydrogens (tertiary/aromatic N) is 2. The number of carbonyl (C=O) groups is 1. The lowest BCUT2D eigenvalue weighted by atomic mass is 9.96. The molecular formula is C20H21ClN2O. The molecule has 3 nitrogen and oxygen atoms in total. The van der Waals surface area contributed by atoms with E-state index in [4.69, 9.17) is 11.6 Å².